The minimum atomic E-state index is 0.0687. The molecule has 0 unspecified atom stereocenters. The Morgan fingerprint density at radius 2 is 2.11 bits per heavy atom. The third-order valence-electron chi connectivity index (χ3n) is 3.37. The van der Waals surface area contributed by atoms with Crippen LogP contribution in [0.2, 0.25) is 0 Å². The van der Waals surface area contributed by atoms with Gasteiger partial charge in [-0.1, -0.05) is 25.9 Å². The van der Waals surface area contributed by atoms with E-state index in [4.69, 9.17) is 4.52 Å². The van der Waals surface area contributed by atoms with Gasteiger partial charge in [-0.05, 0) is 37.6 Å². The maximum Gasteiger partial charge on any atom is 0.232 e. The molecule has 0 spiro atoms. The largest absolute Gasteiger partial charge is 0.339 e. The first-order valence-electron chi connectivity index (χ1n) is 6.72. The molecular formula is C13H23N3OS. The summed E-state index contributed by atoms with van der Waals surface area (Å²) in [6, 6.07) is 0. The van der Waals surface area contributed by atoms with E-state index in [1.54, 1.807) is 0 Å². The summed E-state index contributed by atoms with van der Waals surface area (Å²) in [7, 11) is 0. The molecule has 102 valence electrons. The summed E-state index contributed by atoms with van der Waals surface area (Å²) in [5, 5.41) is 7.48. The number of rotatable bonds is 5. The highest BCUT2D eigenvalue weighted by atomic mass is 32.2. The fraction of sp³-hybridized carbons (Fsp3) is 0.846. The fourth-order valence-electron chi connectivity index (χ4n) is 2.14. The van der Waals surface area contributed by atoms with E-state index in [1.165, 1.54) is 0 Å². The topological polar surface area (TPSA) is 51.0 Å². The molecule has 0 aromatic carbocycles. The van der Waals surface area contributed by atoms with Gasteiger partial charge in [0.1, 0.15) is 0 Å². The van der Waals surface area contributed by atoms with Gasteiger partial charge in [0.2, 0.25) is 5.89 Å². The fourth-order valence-corrected chi connectivity index (χ4v) is 3.03. The Balaban J connectivity index is 1.92. The molecule has 1 aromatic rings. The molecule has 1 saturated heterocycles. The van der Waals surface area contributed by atoms with Crippen molar-refractivity contribution in [2.75, 3.05) is 18.8 Å². The quantitative estimate of drug-likeness (QED) is 0.890. The van der Waals surface area contributed by atoms with Crippen LogP contribution in [0, 0.1) is 5.92 Å². The van der Waals surface area contributed by atoms with E-state index in [1.807, 2.05) is 11.8 Å². The van der Waals surface area contributed by atoms with Crippen LogP contribution in [0.1, 0.15) is 45.3 Å². The van der Waals surface area contributed by atoms with Crippen molar-refractivity contribution in [3.05, 3.63) is 11.7 Å². The Morgan fingerprint density at radius 1 is 1.39 bits per heavy atom. The van der Waals surface area contributed by atoms with Crippen molar-refractivity contribution < 1.29 is 4.52 Å². The molecule has 4 nitrogen and oxygen atoms in total. The van der Waals surface area contributed by atoms with Crippen molar-refractivity contribution in [3.8, 4) is 0 Å². The zero-order valence-electron chi connectivity index (χ0n) is 11.5. The molecule has 5 heteroatoms. The molecule has 0 saturated carbocycles. The Morgan fingerprint density at radius 3 is 2.78 bits per heavy atom. The second-order valence-electron chi connectivity index (χ2n) is 5.74. The number of thioether (sulfide) groups is 1. The van der Waals surface area contributed by atoms with Gasteiger partial charge in [-0.2, -0.15) is 16.7 Å². The van der Waals surface area contributed by atoms with E-state index in [2.05, 4.69) is 36.2 Å². The summed E-state index contributed by atoms with van der Waals surface area (Å²) >= 11 is 1.88. The van der Waals surface area contributed by atoms with Crippen LogP contribution in [-0.4, -0.2) is 29.0 Å². The third kappa shape index (κ3) is 3.48. The highest BCUT2D eigenvalue weighted by Gasteiger charge is 2.34. The lowest BCUT2D eigenvalue weighted by Crippen LogP contribution is -2.37. The van der Waals surface area contributed by atoms with Crippen LogP contribution in [-0.2, 0) is 11.2 Å². The molecule has 1 N–H and O–H groups in total. The molecule has 1 aliphatic heterocycles. The summed E-state index contributed by atoms with van der Waals surface area (Å²) in [5.41, 5.74) is 0.0687. The molecular weight excluding hydrogens is 246 g/mol. The van der Waals surface area contributed by atoms with Crippen molar-refractivity contribution in [1.82, 2.24) is 15.5 Å². The smallest absolute Gasteiger partial charge is 0.232 e. The minimum Gasteiger partial charge on any atom is -0.339 e. The minimum absolute atomic E-state index is 0.0687. The standard InChI is InChI=1S/C13H23N3OS/c1-10(2)8-18-9-11-15-12(17-16-11)13(3)4-6-14-7-5-13/h10,14H,4-9H2,1-3H3. The number of hydrogen-bond donors (Lipinski definition) is 1. The molecule has 1 aliphatic rings. The van der Waals surface area contributed by atoms with Crippen LogP contribution >= 0.6 is 11.8 Å². The van der Waals surface area contributed by atoms with Crippen molar-refractivity contribution in [2.45, 2.75) is 44.8 Å². The van der Waals surface area contributed by atoms with Gasteiger partial charge in [-0.15, -0.1) is 0 Å². The lowest BCUT2D eigenvalue weighted by molar-refractivity contribution is 0.240. The van der Waals surface area contributed by atoms with Crippen LogP contribution in [0.3, 0.4) is 0 Å². The molecule has 0 bridgehead atoms. The van der Waals surface area contributed by atoms with Crippen LogP contribution in [0.25, 0.3) is 0 Å². The SMILES string of the molecule is CC(C)CSCc1noc(C2(C)CCNCC2)n1. The van der Waals surface area contributed by atoms with Gasteiger partial charge >= 0.3 is 0 Å². The van der Waals surface area contributed by atoms with Crippen molar-refractivity contribution in [1.29, 1.82) is 0 Å². The van der Waals surface area contributed by atoms with Gasteiger partial charge in [-0.25, -0.2) is 0 Å². The Hall–Kier alpha value is -0.550. The highest BCUT2D eigenvalue weighted by molar-refractivity contribution is 7.98. The van der Waals surface area contributed by atoms with Gasteiger partial charge in [0, 0.05) is 5.41 Å². The van der Waals surface area contributed by atoms with Crippen molar-refractivity contribution >= 4 is 11.8 Å². The van der Waals surface area contributed by atoms with Crippen molar-refractivity contribution in [2.24, 2.45) is 5.92 Å². The number of nitrogens with zero attached hydrogens (tertiary/aromatic N) is 2. The Labute approximate surface area is 113 Å². The van der Waals surface area contributed by atoms with Crippen LogP contribution in [0.4, 0.5) is 0 Å². The van der Waals surface area contributed by atoms with E-state index in [0.717, 1.165) is 49.2 Å². The van der Waals surface area contributed by atoms with E-state index in [-0.39, 0.29) is 5.41 Å². The maximum atomic E-state index is 5.46. The lowest BCUT2D eigenvalue weighted by atomic mass is 9.81. The molecule has 18 heavy (non-hydrogen) atoms. The Kier molecular flexibility index (Phi) is 4.67. The van der Waals surface area contributed by atoms with Crippen LogP contribution in [0.5, 0.6) is 0 Å². The summed E-state index contributed by atoms with van der Waals surface area (Å²) in [5.74, 6) is 4.38. The third-order valence-corrected chi connectivity index (χ3v) is 4.74. The monoisotopic (exact) mass is 269 g/mol. The molecule has 0 atom stereocenters. The summed E-state index contributed by atoms with van der Waals surface area (Å²) in [4.78, 5) is 4.58. The molecule has 0 aliphatic carbocycles. The number of hydrogen-bond acceptors (Lipinski definition) is 5. The van der Waals surface area contributed by atoms with Crippen molar-refractivity contribution in [3.63, 3.8) is 0 Å². The van der Waals surface area contributed by atoms with E-state index in [0.29, 0.717) is 5.92 Å². The van der Waals surface area contributed by atoms with Gasteiger partial charge in [0.05, 0.1) is 5.75 Å². The van der Waals surface area contributed by atoms with Crippen LogP contribution < -0.4 is 5.32 Å². The average Bonchev–Trinajstić information content (AvgIpc) is 2.79. The average molecular weight is 269 g/mol. The van der Waals surface area contributed by atoms with E-state index >= 15 is 0 Å². The zero-order valence-corrected chi connectivity index (χ0v) is 12.3. The molecule has 1 fully saturated rings. The molecule has 2 rings (SSSR count). The van der Waals surface area contributed by atoms with Gasteiger partial charge < -0.3 is 9.84 Å². The first kappa shape index (κ1) is 13.9. The van der Waals surface area contributed by atoms with Crippen LogP contribution in [0.15, 0.2) is 4.52 Å². The number of aromatic nitrogens is 2. The summed E-state index contributed by atoms with van der Waals surface area (Å²) < 4.78 is 5.46. The second-order valence-corrected chi connectivity index (χ2v) is 6.77. The van der Waals surface area contributed by atoms with E-state index < -0.39 is 0 Å². The summed E-state index contributed by atoms with van der Waals surface area (Å²) in [6.07, 6.45) is 2.15. The van der Waals surface area contributed by atoms with Gasteiger partial charge in [-0.3, -0.25) is 0 Å². The molecule has 0 radical (unpaired) electrons. The predicted molar refractivity (Wildman–Crippen MR) is 74.8 cm³/mol. The first-order chi connectivity index (χ1) is 8.60. The molecule has 0 amide bonds. The first-order valence-corrected chi connectivity index (χ1v) is 7.87. The Bertz CT molecular complexity index is 372. The second kappa shape index (κ2) is 6.06. The number of piperidine rings is 1. The van der Waals surface area contributed by atoms with E-state index in [9.17, 15) is 0 Å². The molecule has 2 heterocycles. The predicted octanol–water partition coefficient (Wildman–Crippen LogP) is 2.60. The normalized spacial score (nSPS) is 19.3. The zero-order chi connectivity index (χ0) is 13.0. The van der Waals surface area contributed by atoms with Gasteiger partial charge in [0.25, 0.3) is 0 Å². The lowest BCUT2D eigenvalue weighted by Gasteiger charge is -2.30. The maximum absolute atomic E-state index is 5.46. The highest BCUT2D eigenvalue weighted by Crippen LogP contribution is 2.31. The molecule has 1 aromatic heterocycles. The number of nitrogens with one attached hydrogen (secondary N) is 1. The summed E-state index contributed by atoms with van der Waals surface area (Å²) in [6.45, 7) is 8.76. The van der Waals surface area contributed by atoms with Gasteiger partial charge in [0.15, 0.2) is 5.82 Å².